The molecule has 1 aliphatic rings. The Morgan fingerprint density at radius 2 is 1.19 bits per heavy atom. The number of quaternary nitrogens is 1. The zero-order valence-corrected chi connectivity index (χ0v) is 14.7. The Morgan fingerprint density at radius 1 is 0.762 bits per heavy atom. The number of rotatable bonds is 2. The highest BCUT2D eigenvalue weighted by Gasteiger charge is 2.06. The molecule has 0 unspecified atom stereocenters. The van der Waals surface area contributed by atoms with Gasteiger partial charge in [0, 0.05) is 0 Å². The minimum atomic E-state index is -1.98. The first-order chi connectivity index (χ1) is 10.2. The summed E-state index contributed by atoms with van der Waals surface area (Å²) in [4.78, 5) is 0. The fraction of sp³-hybridized carbons (Fsp3) is 0.294. The molecule has 1 heterocycles. The topological polar surface area (TPSA) is 16.6 Å². The normalized spacial score (nSPS) is 14.9. The van der Waals surface area contributed by atoms with Gasteiger partial charge in [0.1, 0.15) is 0 Å². The zero-order valence-electron chi connectivity index (χ0n) is 12.2. The largest absolute Gasteiger partial charge is 0.738 e. The van der Waals surface area contributed by atoms with Crippen LogP contribution in [0.3, 0.4) is 0 Å². The van der Waals surface area contributed by atoms with Crippen molar-refractivity contribution < 1.29 is 5.32 Å². The van der Waals surface area contributed by atoms with Crippen molar-refractivity contribution in [3.8, 4) is 0 Å². The third-order valence-corrected chi connectivity index (χ3v) is 7.99. The molecule has 0 aromatic heterocycles. The van der Waals surface area contributed by atoms with Gasteiger partial charge in [0.05, 0.1) is 13.1 Å². The molecule has 0 amide bonds. The van der Waals surface area contributed by atoms with E-state index in [9.17, 15) is 0 Å². The van der Waals surface area contributed by atoms with Gasteiger partial charge in [-0.1, -0.05) is 60.7 Å². The summed E-state index contributed by atoms with van der Waals surface area (Å²) in [6, 6.07) is 20.1. The van der Waals surface area contributed by atoms with Crippen molar-refractivity contribution in [1.29, 1.82) is 0 Å². The lowest BCUT2D eigenvalue weighted by atomic mass is 10.2. The van der Waals surface area contributed by atoms with Gasteiger partial charge in [0.15, 0.2) is 0 Å². The molecule has 0 spiro atoms. The number of nitrogens with two attached hydrogens (primary N) is 1. The van der Waals surface area contributed by atoms with Crippen molar-refractivity contribution in [2.75, 3.05) is 13.1 Å². The summed E-state index contributed by atoms with van der Waals surface area (Å²) in [5.41, 5.74) is 0. The molecule has 2 aromatic carbocycles. The summed E-state index contributed by atoms with van der Waals surface area (Å²) < 4.78 is 0. The van der Waals surface area contributed by atoms with Gasteiger partial charge in [-0.25, -0.2) is 0 Å². The van der Waals surface area contributed by atoms with Crippen LogP contribution in [0, 0.1) is 0 Å². The maximum absolute atomic E-state index is 5.60. The molecule has 3 rings (SSSR count). The highest BCUT2D eigenvalue weighted by Crippen LogP contribution is 2.40. The summed E-state index contributed by atoms with van der Waals surface area (Å²) in [7, 11) is 0. The van der Waals surface area contributed by atoms with E-state index in [0.29, 0.717) is 0 Å². The van der Waals surface area contributed by atoms with Crippen LogP contribution < -0.4 is 15.9 Å². The average Bonchev–Trinajstić information content (AvgIpc) is 2.59. The molecular weight excluding hydrogens is 313 g/mol. The number of hydrogen-bond donors (Lipinski definition) is 1. The van der Waals surface area contributed by atoms with E-state index >= 15 is 0 Å². The van der Waals surface area contributed by atoms with Crippen LogP contribution in [0.1, 0.15) is 19.3 Å². The van der Waals surface area contributed by atoms with Crippen molar-refractivity contribution in [2.45, 2.75) is 19.3 Å². The Balaban J connectivity index is 0.000000225. The summed E-state index contributed by atoms with van der Waals surface area (Å²) in [5, 5.41) is 2.61. The molecule has 1 aliphatic heterocycles. The smallest absolute Gasteiger partial charge is 0.0755 e. The fourth-order valence-corrected chi connectivity index (χ4v) is 5.18. The summed E-state index contributed by atoms with van der Waals surface area (Å²) >= 11 is 11.2. The Hall–Kier alpha value is -0.600. The number of hydrogen-bond acceptors (Lipinski definition) is 2. The van der Waals surface area contributed by atoms with Gasteiger partial charge in [0.25, 0.3) is 0 Å². The first kappa shape index (κ1) is 16.8. The van der Waals surface area contributed by atoms with E-state index in [2.05, 4.69) is 5.32 Å². The van der Waals surface area contributed by atoms with Crippen LogP contribution >= 0.6 is 5.24 Å². The maximum Gasteiger partial charge on any atom is 0.0755 e. The average molecular weight is 335 g/mol. The third kappa shape index (κ3) is 5.27. The van der Waals surface area contributed by atoms with Crippen molar-refractivity contribution in [3.05, 3.63) is 60.7 Å². The predicted octanol–water partition coefficient (Wildman–Crippen LogP) is 2.31. The molecule has 4 heteroatoms. The Labute approximate surface area is 138 Å². The van der Waals surface area contributed by atoms with E-state index in [1.807, 2.05) is 60.7 Å². The van der Waals surface area contributed by atoms with Crippen LogP contribution in [-0.4, -0.2) is 13.1 Å². The van der Waals surface area contributed by atoms with Crippen LogP contribution in [0.2, 0.25) is 0 Å². The van der Waals surface area contributed by atoms with E-state index < -0.39 is 5.24 Å². The number of benzene rings is 2. The lowest BCUT2D eigenvalue weighted by Crippen LogP contribution is -2.85. The molecule has 1 fully saturated rings. The van der Waals surface area contributed by atoms with Crippen LogP contribution in [0.25, 0.3) is 0 Å². The molecule has 1 nitrogen and oxygen atoms in total. The molecule has 0 aliphatic carbocycles. The quantitative estimate of drug-likeness (QED) is 0.670. The van der Waals surface area contributed by atoms with E-state index in [-0.39, 0.29) is 0 Å². The summed E-state index contributed by atoms with van der Waals surface area (Å²) in [6.07, 6.45) is 4.36. The third-order valence-electron chi connectivity index (χ3n) is 3.51. The molecule has 0 atom stereocenters. The lowest BCUT2D eigenvalue weighted by Gasteiger charge is -2.29. The second-order valence-corrected chi connectivity index (χ2v) is 11.3. The first-order valence-corrected chi connectivity index (χ1v) is 11.3. The Morgan fingerprint density at radius 3 is 1.48 bits per heavy atom. The highest BCUT2D eigenvalue weighted by molar-refractivity contribution is 8.60. The summed E-state index contributed by atoms with van der Waals surface area (Å²) in [6.45, 7) is 2.75. The monoisotopic (exact) mass is 335 g/mol. The molecule has 112 valence electrons. The minimum Gasteiger partial charge on any atom is -0.738 e. The van der Waals surface area contributed by atoms with Crippen LogP contribution in [0.15, 0.2) is 60.7 Å². The van der Waals surface area contributed by atoms with Gasteiger partial charge >= 0.3 is 0 Å². The van der Waals surface area contributed by atoms with Crippen molar-refractivity contribution in [2.24, 2.45) is 0 Å². The highest BCUT2D eigenvalue weighted by atomic mass is 32.9. The minimum absolute atomic E-state index is 1.10. The van der Waals surface area contributed by atoms with Gasteiger partial charge in [0.2, 0.25) is 0 Å². The molecule has 1 saturated heterocycles. The SMILES string of the molecule is C1CC[NH2+]CC1.S=P([S-])(c1ccccc1)c1ccccc1. The zero-order chi connectivity index (χ0) is 15.0. The van der Waals surface area contributed by atoms with Gasteiger partial charge in [-0.15, -0.1) is 17.0 Å². The lowest BCUT2D eigenvalue weighted by molar-refractivity contribution is -0.662. The Kier molecular flexibility index (Phi) is 6.98. The van der Waals surface area contributed by atoms with E-state index in [0.717, 1.165) is 10.6 Å². The van der Waals surface area contributed by atoms with Gasteiger partial charge in [-0.05, 0) is 29.9 Å². The van der Waals surface area contributed by atoms with Crippen LogP contribution in [0.4, 0.5) is 0 Å². The van der Waals surface area contributed by atoms with Crippen molar-refractivity contribution >= 4 is 39.9 Å². The Bertz CT molecular complexity index is 513. The molecule has 0 saturated carbocycles. The maximum atomic E-state index is 5.60. The molecular formula is C17H22NPS2. The van der Waals surface area contributed by atoms with Gasteiger partial charge in [-0.3, -0.25) is 0 Å². The fourth-order valence-electron chi connectivity index (χ4n) is 2.30. The summed E-state index contributed by atoms with van der Waals surface area (Å²) in [5.74, 6) is 0. The van der Waals surface area contributed by atoms with Gasteiger partial charge in [-0.2, -0.15) is 0 Å². The predicted molar refractivity (Wildman–Crippen MR) is 99.3 cm³/mol. The molecule has 21 heavy (non-hydrogen) atoms. The number of piperidine rings is 1. The van der Waals surface area contributed by atoms with E-state index in [1.165, 1.54) is 32.4 Å². The van der Waals surface area contributed by atoms with Crippen LogP contribution in [-0.2, 0) is 24.1 Å². The van der Waals surface area contributed by atoms with Gasteiger partial charge < -0.3 is 17.6 Å². The molecule has 0 bridgehead atoms. The first-order valence-electron chi connectivity index (χ1n) is 7.45. The molecule has 2 aromatic rings. The van der Waals surface area contributed by atoms with E-state index in [4.69, 9.17) is 24.1 Å². The molecule has 2 N–H and O–H groups in total. The second kappa shape index (κ2) is 8.75. The van der Waals surface area contributed by atoms with Crippen molar-refractivity contribution in [3.63, 3.8) is 0 Å². The van der Waals surface area contributed by atoms with Crippen molar-refractivity contribution in [1.82, 2.24) is 0 Å². The molecule has 0 radical (unpaired) electrons. The second-order valence-electron chi connectivity index (χ2n) is 5.15. The standard InChI is InChI=1S/C12H11PS2.C5H11N/c14-13(15,11-7-3-1-4-8-11)12-9-5-2-6-10-12;1-2-4-6-5-3-1/h1-10H,(H,14,15);6H,1-5H2. The van der Waals surface area contributed by atoms with Crippen LogP contribution in [0.5, 0.6) is 0 Å². The van der Waals surface area contributed by atoms with E-state index in [1.54, 1.807) is 0 Å².